The number of nitrogens with zero attached hydrogens (tertiary/aromatic N) is 4. The number of halogens is 1. The van der Waals surface area contributed by atoms with Crippen LogP contribution in [0.2, 0.25) is 0 Å². The third-order valence-corrected chi connectivity index (χ3v) is 5.25. The molecule has 2 N–H and O–H groups in total. The van der Waals surface area contributed by atoms with E-state index in [1.807, 2.05) is 23.7 Å². The molecule has 0 aliphatic heterocycles. The van der Waals surface area contributed by atoms with Crippen LogP contribution in [0.3, 0.4) is 0 Å². The van der Waals surface area contributed by atoms with E-state index in [2.05, 4.69) is 37.4 Å². The first-order valence-corrected chi connectivity index (χ1v) is 10.7. The van der Waals surface area contributed by atoms with Crippen molar-refractivity contribution in [1.29, 1.82) is 0 Å². The van der Waals surface area contributed by atoms with E-state index in [0.717, 1.165) is 11.2 Å². The first kappa shape index (κ1) is 21.9. The average Bonchev–Trinajstić information content (AvgIpc) is 3.31. The van der Waals surface area contributed by atoms with Gasteiger partial charge >= 0.3 is 0 Å². The number of fused-ring (bicyclic) bond motifs is 2. The Morgan fingerprint density at radius 3 is 2.83 bits per heavy atom. The van der Waals surface area contributed by atoms with E-state index in [4.69, 9.17) is 4.74 Å². The molecular weight excluding hydrogens is 447 g/mol. The highest BCUT2D eigenvalue weighted by molar-refractivity contribution is 6.05. The van der Waals surface area contributed by atoms with Crippen LogP contribution in [0.15, 0.2) is 67.4 Å². The van der Waals surface area contributed by atoms with Crippen LogP contribution in [0.4, 0.5) is 21.6 Å². The quantitative estimate of drug-likeness (QED) is 0.345. The van der Waals surface area contributed by atoms with Crippen molar-refractivity contribution in [3.8, 4) is 23.3 Å². The molecule has 0 fully saturated rings. The molecule has 5 aromatic rings. The SMILES string of the molecule is CC#CC(=O)Nc1ccc2ncnc(Nc3cc(C)c(Oc4ccn5ccnc5c4)cc3F)c2c1. The zero-order valence-electron chi connectivity index (χ0n) is 18.8. The second-order valence-corrected chi connectivity index (χ2v) is 7.66. The van der Waals surface area contributed by atoms with Gasteiger partial charge in [0, 0.05) is 41.8 Å². The molecule has 1 amide bonds. The summed E-state index contributed by atoms with van der Waals surface area (Å²) < 4.78 is 22.9. The van der Waals surface area contributed by atoms with E-state index in [-0.39, 0.29) is 5.69 Å². The Morgan fingerprint density at radius 1 is 1.09 bits per heavy atom. The lowest BCUT2D eigenvalue weighted by Gasteiger charge is -2.14. The van der Waals surface area contributed by atoms with E-state index in [1.54, 1.807) is 49.5 Å². The van der Waals surface area contributed by atoms with Crippen molar-refractivity contribution in [3.63, 3.8) is 0 Å². The molecule has 0 aliphatic rings. The molecule has 0 atom stereocenters. The number of carbonyl (C=O) groups is 1. The lowest BCUT2D eigenvalue weighted by Crippen LogP contribution is -2.08. The molecule has 0 saturated heterocycles. The largest absolute Gasteiger partial charge is 0.457 e. The number of anilines is 3. The molecular formula is C26H19FN6O2. The monoisotopic (exact) mass is 466 g/mol. The highest BCUT2D eigenvalue weighted by Crippen LogP contribution is 2.33. The summed E-state index contributed by atoms with van der Waals surface area (Å²) in [4.78, 5) is 24.6. The fourth-order valence-electron chi connectivity index (χ4n) is 3.59. The standard InChI is InChI=1S/C26H19FN6O2/c1-3-4-25(34)31-17-5-6-21-19(12-17)26(30-15-29-21)32-22-11-16(2)23(14-20(22)27)35-18-7-9-33-10-8-28-24(33)13-18/h5-15H,1-2H3,(H,31,34)(H,29,30,32). The first-order valence-electron chi connectivity index (χ1n) is 10.7. The van der Waals surface area contributed by atoms with Crippen molar-refractivity contribution in [3.05, 3.63) is 78.8 Å². The zero-order chi connectivity index (χ0) is 24.4. The maximum atomic E-state index is 15.1. The van der Waals surface area contributed by atoms with Crippen molar-refractivity contribution >= 4 is 39.6 Å². The minimum Gasteiger partial charge on any atom is -0.457 e. The van der Waals surface area contributed by atoms with E-state index < -0.39 is 11.7 Å². The number of aromatic nitrogens is 4. The minimum absolute atomic E-state index is 0.227. The van der Waals surface area contributed by atoms with Crippen LogP contribution in [0, 0.1) is 24.6 Å². The first-order chi connectivity index (χ1) is 17.0. The average molecular weight is 466 g/mol. The molecule has 5 rings (SSSR count). The van der Waals surface area contributed by atoms with E-state index in [9.17, 15) is 4.79 Å². The number of imidazole rings is 1. The van der Waals surface area contributed by atoms with Gasteiger partial charge in [0.2, 0.25) is 0 Å². The van der Waals surface area contributed by atoms with E-state index in [1.165, 1.54) is 12.4 Å². The molecule has 0 saturated carbocycles. The van der Waals surface area contributed by atoms with Crippen molar-refractivity contribution in [2.75, 3.05) is 10.6 Å². The summed E-state index contributed by atoms with van der Waals surface area (Å²) in [5, 5.41) is 6.34. The molecule has 9 heteroatoms. The number of carbonyl (C=O) groups excluding carboxylic acids is 1. The molecule has 0 radical (unpaired) electrons. The van der Waals surface area contributed by atoms with Crippen LogP contribution in [0.25, 0.3) is 16.6 Å². The number of pyridine rings is 1. The van der Waals surface area contributed by atoms with Gasteiger partial charge in [-0.1, -0.05) is 5.92 Å². The molecule has 8 nitrogen and oxygen atoms in total. The summed E-state index contributed by atoms with van der Waals surface area (Å²) in [6, 6.07) is 11.7. The fraction of sp³-hybridized carbons (Fsp3) is 0.0769. The number of hydrogen-bond acceptors (Lipinski definition) is 6. The van der Waals surface area contributed by atoms with E-state index in [0.29, 0.717) is 33.9 Å². The Kier molecular flexibility index (Phi) is 5.69. The predicted octanol–water partition coefficient (Wildman–Crippen LogP) is 5.22. The normalized spacial score (nSPS) is 10.6. The third-order valence-electron chi connectivity index (χ3n) is 5.25. The maximum absolute atomic E-state index is 15.1. The van der Waals surface area contributed by atoms with E-state index >= 15 is 4.39 Å². The topological polar surface area (TPSA) is 93.4 Å². The smallest absolute Gasteiger partial charge is 0.300 e. The van der Waals surface area contributed by atoms with Gasteiger partial charge in [0.1, 0.15) is 35.1 Å². The number of aryl methyl sites for hydroxylation is 1. The number of hydrogen-bond donors (Lipinski definition) is 2. The third kappa shape index (κ3) is 4.58. The summed E-state index contributed by atoms with van der Waals surface area (Å²) in [5.74, 6) is 5.37. The van der Waals surface area contributed by atoms with Gasteiger partial charge in [-0.15, -0.1) is 0 Å². The number of benzene rings is 2. The van der Waals surface area contributed by atoms with Gasteiger partial charge in [-0.3, -0.25) is 4.79 Å². The van der Waals surface area contributed by atoms with Crippen molar-refractivity contribution in [1.82, 2.24) is 19.4 Å². The maximum Gasteiger partial charge on any atom is 0.300 e. The summed E-state index contributed by atoms with van der Waals surface area (Å²) in [7, 11) is 0. The van der Waals surface area contributed by atoms with Crippen LogP contribution in [0.1, 0.15) is 12.5 Å². The van der Waals surface area contributed by atoms with Gasteiger partial charge in [0.05, 0.1) is 11.2 Å². The fourth-order valence-corrected chi connectivity index (χ4v) is 3.59. The van der Waals surface area contributed by atoms with Gasteiger partial charge in [0.15, 0.2) is 0 Å². The summed E-state index contributed by atoms with van der Waals surface area (Å²) in [5.41, 5.74) is 2.84. The molecule has 0 bridgehead atoms. The Morgan fingerprint density at radius 2 is 1.97 bits per heavy atom. The number of ether oxygens (including phenoxy) is 1. The molecule has 172 valence electrons. The van der Waals surface area contributed by atoms with Crippen molar-refractivity contribution < 1.29 is 13.9 Å². The number of amides is 1. The molecule has 3 aromatic heterocycles. The number of nitrogens with one attached hydrogen (secondary N) is 2. The zero-order valence-corrected chi connectivity index (χ0v) is 18.8. The Labute approximate surface area is 199 Å². The van der Waals surface area contributed by atoms with Gasteiger partial charge in [-0.2, -0.15) is 0 Å². The second kappa shape index (κ2) is 9.11. The Bertz CT molecular complexity index is 1650. The van der Waals surface area contributed by atoms with Crippen LogP contribution in [-0.4, -0.2) is 25.3 Å². The van der Waals surface area contributed by atoms with Crippen molar-refractivity contribution in [2.24, 2.45) is 0 Å². The van der Waals surface area contributed by atoms with Crippen LogP contribution in [-0.2, 0) is 4.79 Å². The summed E-state index contributed by atoms with van der Waals surface area (Å²) in [6.45, 7) is 3.41. The second-order valence-electron chi connectivity index (χ2n) is 7.66. The summed E-state index contributed by atoms with van der Waals surface area (Å²) >= 11 is 0. The van der Waals surface area contributed by atoms with Gasteiger partial charge < -0.3 is 19.8 Å². The lowest BCUT2D eigenvalue weighted by atomic mass is 10.1. The Hall–Kier alpha value is -4.97. The summed E-state index contributed by atoms with van der Waals surface area (Å²) in [6.07, 6.45) is 6.74. The lowest BCUT2D eigenvalue weighted by molar-refractivity contribution is -0.111. The Balaban J connectivity index is 1.43. The minimum atomic E-state index is -0.512. The van der Waals surface area contributed by atoms with Gasteiger partial charge in [-0.25, -0.2) is 19.3 Å². The molecule has 2 aromatic carbocycles. The predicted molar refractivity (Wildman–Crippen MR) is 131 cm³/mol. The van der Waals surface area contributed by atoms with Gasteiger partial charge in [0.25, 0.3) is 5.91 Å². The highest BCUT2D eigenvalue weighted by Gasteiger charge is 2.13. The van der Waals surface area contributed by atoms with Gasteiger partial charge in [-0.05, 0) is 55.7 Å². The van der Waals surface area contributed by atoms with Crippen LogP contribution in [0.5, 0.6) is 11.5 Å². The van der Waals surface area contributed by atoms with Crippen molar-refractivity contribution in [2.45, 2.75) is 13.8 Å². The molecule has 0 unspecified atom stereocenters. The molecule has 0 spiro atoms. The van der Waals surface area contributed by atoms with Crippen LogP contribution >= 0.6 is 0 Å². The molecule has 3 heterocycles. The highest BCUT2D eigenvalue weighted by atomic mass is 19.1. The van der Waals surface area contributed by atoms with Crippen LogP contribution < -0.4 is 15.4 Å². The molecule has 0 aliphatic carbocycles. The molecule has 35 heavy (non-hydrogen) atoms. The number of rotatable bonds is 5.